The smallest absolute Gasteiger partial charge is 0.860 e. The molecule has 1 aromatic carbocycles. The molecule has 0 aliphatic rings. The summed E-state index contributed by atoms with van der Waals surface area (Å²) >= 11 is 0. The molecule has 0 saturated carbocycles. The SMILES string of the molecule is CCc1ccc(OB([O-])[O-])c(C)c1C.[Na+].[Na+]. The summed E-state index contributed by atoms with van der Waals surface area (Å²) in [6.07, 6.45) is 0.936. The zero-order valence-corrected chi connectivity index (χ0v) is 14.7. The Bertz CT molecular complexity index is 332. The van der Waals surface area contributed by atoms with Gasteiger partial charge in [-0.25, -0.2) is 0 Å². The topological polar surface area (TPSA) is 55.3 Å². The summed E-state index contributed by atoms with van der Waals surface area (Å²) in [5, 5.41) is 20.7. The van der Waals surface area contributed by atoms with Gasteiger partial charge in [0.1, 0.15) is 7.32 Å². The minimum atomic E-state index is -2.25. The van der Waals surface area contributed by atoms with Crippen molar-refractivity contribution in [3.05, 3.63) is 28.8 Å². The van der Waals surface area contributed by atoms with Crippen LogP contribution in [0.3, 0.4) is 0 Å². The van der Waals surface area contributed by atoms with Crippen molar-refractivity contribution in [2.45, 2.75) is 27.2 Å². The zero-order valence-electron chi connectivity index (χ0n) is 10.7. The molecular formula is C10H13BNa2O3. The van der Waals surface area contributed by atoms with Crippen molar-refractivity contribution in [3.63, 3.8) is 0 Å². The average molecular weight is 238 g/mol. The molecule has 0 aromatic heterocycles. The normalized spacial score (nSPS) is 8.81. The summed E-state index contributed by atoms with van der Waals surface area (Å²) in [5.41, 5.74) is 3.18. The van der Waals surface area contributed by atoms with Gasteiger partial charge in [-0.05, 0) is 43.0 Å². The van der Waals surface area contributed by atoms with Crippen LogP contribution in [0.25, 0.3) is 0 Å². The molecule has 0 fully saturated rings. The first-order chi connectivity index (χ1) is 6.56. The molecular weight excluding hydrogens is 225 g/mol. The monoisotopic (exact) mass is 238 g/mol. The van der Waals surface area contributed by atoms with Crippen LogP contribution >= 0.6 is 0 Å². The van der Waals surface area contributed by atoms with E-state index in [0.29, 0.717) is 5.75 Å². The van der Waals surface area contributed by atoms with E-state index in [2.05, 4.69) is 11.6 Å². The second-order valence-corrected chi connectivity index (χ2v) is 3.23. The van der Waals surface area contributed by atoms with E-state index in [1.54, 1.807) is 6.07 Å². The molecule has 16 heavy (non-hydrogen) atoms. The minimum Gasteiger partial charge on any atom is -0.860 e. The van der Waals surface area contributed by atoms with Crippen LogP contribution in [0.1, 0.15) is 23.6 Å². The summed E-state index contributed by atoms with van der Waals surface area (Å²) in [7, 11) is -2.25. The van der Waals surface area contributed by atoms with Crippen molar-refractivity contribution < 1.29 is 73.8 Å². The predicted molar refractivity (Wildman–Crippen MR) is 51.7 cm³/mol. The van der Waals surface area contributed by atoms with Gasteiger partial charge in [-0.2, -0.15) is 0 Å². The molecule has 76 valence electrons. The molecule has 0 unspecified atom stereocenters. The van der Waals surface area contributed by atoms with Gasteiger partial charge in [-0.1, -0.05) is 13.0 Å². The molecule has 0 aliphatic heterocycles. The number of hydrogen-bond acceptors (Lipinski definition) is 3. The Morgan fingerprint density at radius 1 is 1.12 bits per heavy atom. The third-order valence-corrected chi connectivity index (χ3v) is 2.45. The minimum absolute atomic E-state index is 0. The van der Waals surface area contributed by atoms with Crippen molar-refractivity contribution in [1.29, 1.82) is 0 Å². The van der Waals surface area contributed by atoms with Crippen molar-refractivity contribution in [2.24, 2.45) is 0 Å². The van der Waals surface area contributed by atoms with Gasteiger partial charge in [0.2, 0.25) is 0 Å². The molecule has 0 bridgehead atoms. The fraction of sp³-hybridized carbons (Fsp3) is 0.400. The Balaban J connectivity index is 0. The van der Waals surface area contributed by atoms with Crippen molar-refractivity contribution in [1.82, 2.24) is 0 Å². The quantitative estimate of drug-likeness (QED) is 0.492. The van der Waals surface area contributed by atoms with Crippen LogP contribution in [0.4, 0.5) is 0 Å². The molecule has 0 amide bonds. The van der Waals surface area contributed by atoms with Crippen LogP contribution in [0, 0.1) is 13.8 Å². The Morgan fingerprint density at radius 3 is 2.12 bits per heavy atom. The molecule has 0 heterocycles. The summed E-state index contributed by atoms with van der Waals surface area (Å²) in [6.45, 7) is 5.88. The van der Waals surface area contributed by atoms with Gasteiger partial charge < -0.3 is 14.7 Å². The van der Waals surface area contributed by atoms with Crippen LogP contribution in [0.15, 0.2) is 12.1 Å². The predicted octanol–water partition coefficient (Wildman–Crippen LogP) is -6.04. The summed E-state index contributed by atoms with van der Waals surface area (Å²) in [6, 6.07) is 3.57. The third kappa shape index (κ3) is 5.11. The molecule has 0 saturated heterocycles. The van der Waals surface area contributed by atoms with Crippen LogP contribution in [0.2, 0.25) is 0 Å². The van der Waals surface area contributed by atoms with Crippen molar-refractivity contribution >= 4 is 7.32 Å². The van der Waals surface area contributed by atoms with Gasteiger partial charge in [-0.3, -0.25) is 0 Å². The van der Waals surface area contributed by atoms with E-state index >= 15 is 0 Å². The first kappa shape index (κ1) is 19.3. The van der Waals surface area contributed by atoms with Gasteiger partial charge in [0.15, 0.2) is 0 Å². The van der Waals surface area contributed by atoms with Crippen LogP contribution in [-0.4, -0.2) is 7.32 Å². The van der Waals surface area contributed by atoms with Gasteiger partial charge in [0.05, 0.1) is 5.75 Å². The number of hydrogen-bond donors (Lipinski definition) is 0. The van der Waals surface area contributed by atoms with Gasteiger partial charge in [0.25, 0.3) is 0 Å². The number of benzene rings is 1. The van der Waals surface area contributed by atoms with Gasteiger partial charge >= 0.3 is 59.1 Å². The van der Waals surface area contributed by atoms with E-state index in [4.69, 9.17) is 0 Å². The van der Waals surface area contributed by atoms with E-state index in [0.717, 1.165) is 17.5 Å². The van der Waals surface area contributed by atoms with E-state index in [1.165, 1.54) is 5.56 Å². The van der Waals surface area contributed by atoms with Crippen LogP contribution in [-0.2, 0) is 6.42 Å². The molecule has 0 radical (unpaired) electrons. The third-order valence-electron chi connectivity index (χ3n) is 2.45. The van der Waals surface area contributed by atoms with Gasteiger partial charge in [-0.15, -0.1) is 0 Å². The van der Waals surface area contributed by atoms with Crippen molar-refractivity contribution in [3.8, 4) is 5.75 Å². The molecule has 1 rings (SSSR count). The molecule has 1 aromatic rings. The maximum absolute atomic E-state index is 10.3. The maximum atomic E-state index is 10.3. The summed E-state index contributed by atoms with van der Waals surface area (Å²) in [5.74, 6) is 0.398. The fourth-order valence-corrected chi connectivity index (χ4v) is 1.47. The molecule has 6 heteroatoms. The fourth-order valence-electron chi connectivity index (χ4n) is 1.47. The Labute approximate surface area is 141 Å². The van der Waals surface area contributed by atoms with E-state index in [-0.39, 0.29) is 59.1 Å². The van der Waals surface area contributed by atoms with E-state index in [9.17, 15) is 10.0 Å². The average Bonchev–Trinajstić information content (AvgIpc) is 2.13. The maximum Gasteiger partial charge on any atom is 1.00 e. The Kier molecular flexibility index (Phi) is 10.9. The van der Waals surface area contributed by atoms with Crippen LogP contribution in [0.5, 0.6) is 5.75 Å². The standard InChI is InChI=1S/C10H13BO3.2Na/c1-4-9-5-6-10(14-11(12)13)8(3)7(9)2;;/h5-6H,4H2,1-3H3;;/q-2;2*+1. The molecule has 0 aliphatic carbocycles. The summed E-state index contributed by atoms with van der Waals surface area (Å²) in [4.78, 5) is 0. The first-order valence-corrected chi connectivity index (χ1v) is 4.63. The van der Waals surface area contributed by atoms with E-state index < -0.39 is 7.32 Å². The van der Waals surface area contributed by atoms with E-state index in [1.807, 2.05) is 19.9 Å². The van der Waals surface area contributed by atoms with Crippen LogP contribution < -0.4 is 73.8 Å². The zero-order chi connectivity index (χ0) is 10.7. The Hall–Kier alpha value is 1.00. The largest absolute Gasteiger partial charge is 1.00 e. The summed E-state index contributed by atoms with van der Waals surface area (Å²) < 4.78 is 4.61. The molecule has 0 atom stereocenters. The number of rotatable bonds is 3. The molecule has 0 spiro atoms. The van der Waals surface area contributed by atoms with Crippen molar-refractivity contribution in [2.75, 3.05) is 0 Å². The molecule has 3 nitrogen and oxygen atoms in total. The second kappa shape index (κ2) is 9.00. The second-order valence-electron chi connectivity index (χ2n) is 3.23. The van der Waals surface area contributed by atoms with Gasteiger partial charge in [0, 0.05) is 0 Å². The number of aryl methyl sites for hydroxylation is 1. The Morgan fingerprint density at radius 2 is 1.69 bits per heavy atom. The molecule has 0 N–H and O–H groups in total. The first-order valence-electron chi connectivity index (χ1n) is 4.63.